The molecule has 0 bridgehead atoms. The van der Waals surface area contributed by atoms with Crippen LogP contribution in [0.15, 0.2) is 23.1 Å². The number of aryl methyl sites for hydroxylation is 1. The molecule has 0 fully saturated rings. The van der Waals surface area contributed by atoms with Crippen LogP contribution in [0.4, 0.5) is 0 Å². The van der Waals surface area contributed by atoms with E-state index >= 15 is 0 Å². The van der Waals surface area contributed by atoms with Gasteiger partial charge in [-0.05, 0) is 31.5 Å². The van der Waals surface area contributed by atoms with Gasteiger partial charge in [0.05, 0.1) is 17.6 Å². The van der Waals surface area contributed by atoms with Crippen molar-refractivity contribution >= 4 is 22.0 Å². The number of carbonyl (C=O) groups is 2. The molecule has 2 N–H and O–H groups in total. The van der Waals surface area contributed by atoms with E-state index in [0.29, 0.717) is 5.56 Å². The van der Waals surface area contributed by atoms with Crippen LogP contribution in [0.2, 0.25) is 0 Å². The zero-order valence-corrected chi connectivity index (χ0v) is 12.0. The quantitative estimate of drug-likeness (QED) is 0.768. The van der Waals surface area contributed by atoms with Gasteiger partial charge in [0.15, 0.2) is 0 Å². The Kier molecular flexibility index (Phi) is 4.85. The fourth-order valence-corrected chi connectivity index (χ4v) is 2.67. The number of carboxylic acids is 1. The Morgan fingerprint density at radius 1 is 1.35 bits per heavy atom. The molecule has 1 atom stereocenters. The number of aliphatic carboxylic acids is 1. The second kappa shape index (κ2) is 6.02. The lowest BCUT2D eigenvalue weighted by Crippen LogP contribution is -2.38. The first-order valence-electron chi connectivity index (χ1n) is 5.63. The van der Waals surface area contributed by atoms with Gasteiger partial charge in [0, 0.05) is 0 Å². The van der Waals surface area contributed by atoms with Crippen LogP contribution in [-0.2, 0) is 19.6 Å². The van der Waals surface area contributed by atoms with Crippen LogP contribution in [0, 0.1) is 6.92 Å². The number of esters is 1. The van der Waals surface area contributed by atoms with Crippen molar-refractivity contribution in [3.63, 3.8) is 0 Å². The molecule has 0 spiro atoms. The molecule has 0 amide bonds. The Bertz CT molecular complexity index is 637. The van der Waals surface area contributed by atoms with E-state index < -0.39 is 28.0 Å². The number of methoxy groups -OCH3 is 1. The average molecular weight is 301 g/mol. The molecule has 0 unspecified atom stereocenters. The van der Waals surface area contributed by atoms with Crippen LogP contribution >= 0.6 is 0 Å². The van der Waals surface area contributed by atoms with Gasteiger partial charge >= 0.3 is 11.9 Å². The topological polar surface area (TPSA) is 110 Å². The van der Waals surface area contributed by atoms with Crippen LogP contribution in [-0.4, -0.2) is 38.6 Å². The van der Waals surface area contributed by atoms with Gasteiger partial charge in [-0.2, -0.15) is 4.72 Å². The first-order valence-corrected chi connectivity index (χ1v) is 7.11. The minimum Gasteiger partial charge on any atom is -0.480 e. The number of carboxylic acid groups (broad SMARTS) is 1. The third-order valence-corrected chi connectivity index (χ3v) is 4.17. The van der Waals surface area contributed by atoms with Gasteiger partial charge in [-0.3, -0.25) is 4.79 Å². The van der Waals surface area contributed by atoms with Crippen LogP contribution in [0.1, 0.15) is 22.8 Å². The summed E-state index contributed by atoms with van der Waals surface area (Å²) in [6.45, 7) is 2.84. The van der Waals surface area contributed by atoms with E-state index in [9.17, 15) is 18.0 Å². The molecule has 0 aliphatic carbocycles. The van der Waals surface area contributed by atoms with E-state index in [-0.39, 0.29) is 10.5 Å². The molecule has 0 saturated heterocycles. The maximum atomic E-state index is 12.0. The highest BCUT2D eigenvalue weighted by atomic mass is 32.2. The monoisotopic (exact) mass is 301 g/mol. The fourth-order valence-electron chi connectivity index (χ4n) is 1.45. The molecule has 0 aromatic heterocycles. The zero-order chi connectivity index (χ0) is 15.5. The zero-order valence-electron chi connectivity index (χ0n) is 11.2. The summed E-state index contributed by atoms with van der Waals surface area (Å²) in [7, 11) is -2.84. The Hall–Kier alpha value is -1.93. The number of rotatable bonds is 5. The highest BCUT2D eigenvalue weighted by molar-refractivity contribution is 7.89. The Morgan fingerprint density at radius 2 is 1.95 bits per heavy atom. The molecule has 1 aromatic rings. The fraction of sp³-hybridized carbons (Fsp3) is 0.333. The minimum atomic E-state index is -4.02. The maximum absolute atomic E-state index is 12.0. The standard InChI is InChI=1S/C12H15NO6S/c1-7-4-5-9(6-10(7)12(16)19-3)20(17,18)13-8(2)11(14)15/h4-6,8,13H,1-3H3,(H,14,15)/t8-/m1/s1. The number of hydrogen-bond acceptors (Lipinski definition) is 5. The molecule has 7 nitrogen and oxygen atoms in total. The molecule has 1 aromatic carbocycles. The third kappa shape index (κ3) is 3.55. The maximum Gasteiger partial charge on any atom is 0.338 e. The van der Waals surface area contributed by atoms with Crippen LogP contribution in [0.5, 0.6) is 0 Å². The summed E-state index contributed by atoms with van der Waals surface area (Å²) in [5, 5.41) is 8.72. The summed E-state index contributed by atoms with van der Waals surface area (Å²) in [4.78, 5) is 22.0. The SMILES string of the molecule is COC(=O)c1cc(S(=O)(=O)N[C@H](C)C(=O)O)ccc1C. The van der Waals surface area contributed by atoms with Gasteiger partial charge in [-0.15, -0.1) is 0 Å². The highest BCUT2D eigenvalue weighted by Gasteiger charge is 2.23. The van der Waals surface area contributed by atoms with Crippen LogP contribution in [0.25, 0.3) is 0 Å². The predicted octanol–water partition coefficient (Wildman–Crippen LogP) is 0.533. The Morgan fingerprint density at radius 3 is 2.45 bits per heavy atom. The first kappa shape index (κ1) is 16.1. The summed E-state index contributed by atoms with van der Waals surface area (Å²) in [6, 6.07) is 2.62. The van der Waals surface area contributed by atoms with E-state index in [1.807, 2.05) is 4.72 Å². The molecule has 110 valence electrons. The summed E-state index contributed by atoms with van der Waals surface area (Å²) >= 11 is 0. The van der Waals surface area contributed by atoms with Crippen LogP contribution < -0.4 is 4.72 Å². The second-order valence-electron chi connectivity index (χ2n) is 4.15. The van der Waals surface area contributed by atoms with Crippen molar-refractivity contribution in [2.24, 2.45) is 0 Å². The number of hydrogen-bond donors (Lipinski definition) is 2. The Balaban J connectivity index is 3.20. The van der Waals surface area contributed by atoms with E-state index in [4.69, 9.17) is 5.11 Å². The van der Waals surface area contributed by atoms with Crippen LogP contribution in [0.3, 0.4) is 0 Å². The van der Waals surface area contributed by atoms with Crippen molar-refractivity contribution in [2.45, 2.75) is 24.8 Å². The molecule has 0 aliphatic rings. The normalized spacial score (nSPS) is 12.8. The molecule has 20 heavy (non-hydrogen) atoms. The highest BCUT2D eigenvalue weighted by Crippen LogP contribution is 2.16. The number of sulfonamides is 1. The smallest absolute Gasteiger partial charge is 0.338 e. The number of benzene rings is 1. The minimum absolute atomic E-state index is 0.110. The van der Waals surface area contributed by atoms with Crippen molar-refractivity contribution in [1.29, 1.82) is 0 Å². The van der Waals surface area contributed by atoms with E-state index in [0.717, 1.165) is 6.07 Å². The van der Waals surface area contributed by atoms with Gasteiger partial charge in [-0.1, -0.05) is 6.07 Å². The predicted molar refractivity (Wildman–Crippen MR) is 69.9 cm³/mol. The summed E-state index contributed by atoms with van der Waals surface area (Å²) in [5.41, 5.74) is 0.667. The molecule has 0 aliphatic heterocycles. The largest absolute Gasteiger partial charge is 0.480 e. The third-order valence-electron chi connectivity index (χ3n) is 2.63. The molecule has 1 rings (SSSR count). The van der Waals surface area contributed by atoms with Gasteiger partial charge in [-0.25, -0.2) is 13.2 Å². The molecule has 0 saturated carbocycles. The van der Waals surface area contributed by atoms with Crippen molar-refractivity contribution in [2.75, 3.05) is 7.11 Å². The summed E-state index contributed by atoms with van der Waals surface area (Å²) < 4.78 is 30.5. The van der Waals surface area contributed by atoms with Gasteiger partial charge in [0.25, 0.3) is 0 Å². The van der Waals surface area contributed by atoms with Crippen molar-refractivity contribution in [3.8, 4) is 0 Å². The van der Waals surface area contributed by atoms with Gasteiger partial charge in [0.1, 0.15) is 6.04 Å². The Labute approximate surface area is 116 Å². The lowest BCUT2D eigenvalue weighted by Gasteiger charge is -2.12. The lowest BCUT2D eigenvalue weighted by molar-refractivity contribution is -0.138. The van der Waals surface area contributed by atoms with Crippen molar-refractivity contribution in [3.05, 3.63) is 29.3 Å². The van der Waals surface area contributed by atoms with Gasteiger partial charge < -0.3 is 9.84 Å². The summed E-state index contributed by atoms with van der Waals surface area (Å²) in [5.74, 6) is -1.96. The lowest BCUT2D eigenvalue weighted by atomic mass is 10.1. The first-order chi connectivity index (χ1) is 9.19. The number of nitrogens with one attached hydrogen (secondary N) is 1. The number of carbonyl (C=O) groups excluding carboxylic acids is 1. The summed E-state index contributed by atoms with van der Waals surface area (Å²) in [6.07, 6.45) is 0. The van der Waals surface area contributed by atoms with E-state index in [1.54, 1.807) is 6.92 Å². The van der Waals surface area contributed by atoms with Gasteiger partial charge in [0.2, 0.25) is 10.0 Å². The molecule has 0 heterocycles. The van der Waals surface area contributed by atoms with E-state index in [1.165, 1.54) is 26.2 Å². The second-order valence-corrected chi connectivity index (χ2v) is 5.86. The number of ether oxygens (including phenoxy) is 1. The average Bonchev–Trinajstić information content (AvgIpc) is 2.37. The van der Waals surface area contributed by atoms with E-state index in [2.05, 4.69) is 4.74 Å². The molecular formula is C12H15NO6S. The van der Waals surface area contributed by atoms with Crippen molar-refractivity contribution < 1.29 is 27.9 Å². The molecular weight excluding hydrogens is 286 g/mol. The molecule has 8 heteroatoms. The molecule has 0 radical (unpaired) electrons. The van der Waals surface area contributed by atoms with Crippen molar-refractivity contribution in [1.82, 2.24) is 4.72 Å².